The number of halogens is 4. The molecule has 1 aliphatic rings. The summed E-state index contributed by atoms with van der Waals surface area (Å²) >= 11 is 5.79. The molecule has 3 rings (SSSR count). The predicted molar refractivity (Wildman–Crippen MR) is 81.6 cm³/mol. The maximum atomic E-state index is 12.9. The number of aliphatic hydroxyl groups excluding tert-OH is 1. The van der Waals surface area contributed by atoms with Gasteiger partial charge in [0.05, 0.1) is 22.7 Å². The van der Waals surface area contributed by atoms with Crippen LogP contribution >= 0.6 is 11.6 Å². The van der Waals surface area contributed by atoms with Gasteiger partial charge >= 0.3 is 6.18 Å². The molecule has 24 heavy (non-hydrogen) atoms. The van der Waals surface area contributed by atoms with Gasteiger partial charge in [-0.2, -0.15) is 13.2 Å². The lowest BCUT2D eigenvalue weighted by atomic mass is 10.0. The van der Waals surface area contributed by atoms with Gasteiger partial charge in [0.25, 0.3) is 5.91 Å². The van der Waals surface area contributed by atoms with Gasteiger partial charge in [-0.25, -0.2) is 0 Å². The third-order valence-electron chi connectivity index (χ3n) is 4.02. The second kappa shape index (κ2) is 6.14. The Morgan fingerprint density at radius 1 is 1.33 bits per heavy atom. The van der Waals surface area contributed by atoms with E-state index in [9.17, 15) is 23.1 Å². The van der Waals surface area contributed by atoms with Gasteiger partial charge in [-0.15, -0.1) is 0 Å². The largest absolute Gasteiger partial charge is 0.416 e. The van der Waals surface area contributed by atoms with Crippen molar-refractivity contribution in [1.29, 1.82) is 0 Å². The van der Waals surface area contributed by atoms with Crippen molar-refractivity contribution in [1.82, 2.24) is 9.88 Å². The molecule has 1 fully saturated rings. The number of alkyl halides is 3. The number of hydrogen-bond acceptors (Lipinski definition) is 2. The Balaban J connectivity index is 1.92. The van der Waals surface area contributed by atoms with Crippen molar-refractivity contribution >= 4 is 17.5 Å². The Labute approximate surface area is 140 Å². The number of rotatable bonds is 2. The first-order valence-electron chi connectivity index (χ1n) is 7.26. The SMILES string of the molecule is O=C(c1cc(Cl)c[nH]1)N1C[C@@H](O)C[C@@H]1c1cccc(C(F)(F)F)c1. The Morgan fingerprint density at radius 3 is 2.71 bits per heavy atom. The monoisotopic (exact) mass is 358 g/mol. The number of carbonyl (C=O) groups excluding carboxylic acids is 1. The fraction of sp³-hybridized carbons (Fsp3) is 0.312. The maximum Gasteiger partial charge on any atom is 0.416 e. The molecule has 1 amide bonds. The van der Waals surface area contributed by atoms with E-state index in [1.165, 1.54) is 29.3 Å². The van der Waals surface area contributed by atoms with Gasteiger partial charge in [0.15, 0.2) is 0 Å². The molecule has 2 atom stereocenters. The summed E-state index contributed by atoms with van der Waals surface area (Å²) < 4.78 is 38.7. The van der Waals surface area contributed by atoms with Crippen molar-refractivity contribution in [3.63, 3.8) is 0 Å². The number of aliphatic hydroxyl groups is 1. The lowest BCUT2D eigenvalue weighted by Gasteiger charge is -2.25. The van der Waals surface area contributed by atoms with Gasteiger partial charge in [0.1, 0.15) is 5.69 Å². The van der Waals surface area contributed by atoms with Gasteiger partial charge < -0.3 is 15.0 Å². The zero-order chi connectivity index (χ0) is 17.5. The zero-order valence-corrected chi connectivity index (χ0v) is 13.1. The number of β-amino-alcohol motifs (C(OH)–C–C–N with tert-alkyl or cyclic N) is 1. The maximum absolute atomic E-state index is 12.9. The molecule has 0 aliphatic carbocycles. The van der Waals surface area contributed by atoms with Crippen LogP contribution in [0.25, 0.3) is 0 Å². The third-order valence-corrected chi connectivity index (χ3v) is 4.24. The van der Waals surface area contributed by atoms with Gasteiger partial charge in [0.2, 0.25) is 0 Å². The van der Waals surface area contributed by atoms with Crippen molar-refractivity contribution in [2.75, 3.05) is 6.54 Å². The number of hydrogen-bond donors (Lipinski definition) is 2. The molecule has 2 N–H and O–H groups in total. The third kappa shape index (κ3) is 3.27. The molecule has 1 aromatic heterocycles. The molecule has 0 unspecified atom stereocenters. The first-order chi connectivity index (χ1) is 11.3. The highest BCUT2D eigenvalue weighted by Gasteiger charge is 2.38. The minimum Gasteiger partial charge on any atom is -0.391 e. The number of H-pyrrole nitrogens is 1. The summed E-state index contributed by atoms with van der Waals surface area (Å²) in [5, 5.41) is 10.3. The topological polar surface area (TPSA) is 56.3 Å². The van der Waals surface area contributed by atoms with Crippen molar-refractivity contribution in [3.05, 3.63) is 58.4 Å². The van der Waals surface area contributed by atoms with E-state index in [-0.39, 0.29) is 18.7 Å². The minimum atomic E-state index is -4.46. The standard InChI is InChI=1S/C16H14ClF3N2O2/c17-11-5-13(21-7-11)15(24)22-8-12(23)6-14(22)9-2-1-3-10(4-9)16(18,19)20/h1-5,7,12,14,21,23H,6,8H2/t12-,14+/m0/s1. The summed E-state index contributed by atoms with van der Waals surface area (Å²) in [4.78, 5) is 16.7. The Hall–Kier alpha value is -1.99. The first-order valence-corrected chi connectivity index (χ1v) is 7.63. The molecule has 2 heterocycles. The van der Waals surface area contributed by atoms with Gasteiger partial charge in [-0.05, 0) is 30.2 Å². The van der Waals surface area contributed by atoms with Crippen LogP contribution in [0.2, 0.25) is 5.02 Å². The number of aromatic amines is 1. The molecular formula is C16H14ClF3N2O2. The van der Waals surface area contributed by atoms with E-state index >= 15 is 0 Å². The van der Waals surface area contributed by atoms with Gasteiger partial charge in [0, 0.05) is 12.7 Å². The molecule has 2 aromatic rings. The van der Waals surface area contributed by atoms with E-state index in [4.69, 9.17) is 11.6 Å². The van der Waals surface area contributed by atoms with E-state index in [0.717, 1.165) is 12.1 Å². The van der Waals surface area contributed by atoms with Crippen LogP contribution in [0.3, 0.4) is 0 Å². The van der Waals surface area contributed by atoms with Crippen molar-refractivity contribution in [2.24, 2.45) is 0 Å². The van der Waals surface area contributed by atoms with E-state index in [1.54, 1.807) is 0 Å². The molecular weight excluding hydrogens is 345 g/mol. The quantitative estimate of drug-likeness (QED) is 0.861. The average Bonchev–Trinajstić information content (AvgIpc) is 3.12. The van der Waals surface area contributed by atoms with Crippen LogP contribution in [0.1, 0.15) is 34.1 Å². The normalized spacial score (nSPS) is 21.3. The Kier molecular flexibility index (Phi) is 4.31. The second-order valence-electron chi connectivity index (χ2n) is 5.72. The summed E-state index contributed by atoms with van der Waals surface area (Å²) in [6.07, 6.45) is -3.63. The molecule has 8 heteroatoms. The summed E-state index contributed by atoms with van der Waals surface area (Å²) in [6.45, 7) is 0.0520. The average molecular weight is 359 g/mol. The van der Waals surface area contributed by atoms with Crippen LogP contribution in [0, 0.1) is 0 Å². The van der Waals surface area contributed by atoms with Crippen LogP contribution in [-0.2, 0) is 6.18 Å². The number of nitrogens with one attached hydrogen (secondary N) is 1. The van der Waals surface area contributed by atoms with E-state index in [2.05, 4.69) is 4.98 Å². The van der Waals surface area contributed by atoms with Gasteiger partial charge in [-0.1, -0.05) is 23.7 Å². The van der Waals surface area contributed by atoms with Crippen LogP contribution < -0.4 is 0 Å². The van der Waals surface area contributed by atoms with E-state index in [1.807, 2.05) is 0 Å². The first kappa shape index (κ1) is 16.9. The molecule has 4 nitrogen and oxygen atoms in total. The lowest BCUT2D eigenvalue weighted by molar-refractivity contribution is -0.137. The number of nitrogens with zero attached hydrogens (tertiary/aromatic N) is 1. The molecule has 0 spiro atoms. The minimum absolute atomic E-state index is 0.0520. The lowest BCUT2D eigenvalue weighted by Crippen LogP contribution is -2.32. The number of likely N-dealkylation sites (tertiary alicyclic amines) is 1. The second-order valence-corrected chi connectivity index (χ2v) is 6.15. The Morgan fingerprint density at radius 2 is 2.08 bits per heavy atom. The molecule has 0 radical (unpaired) electrons. The van der Waals surface area contributed by atoms with Crippen molar-refractivity contribution in [3.8, 4) is 0 Å². The number of amides is 1. The molecule has 1 saturated heterocycles. The number of carbonyl (C=O) groups is 1. The number of benzene rings is 1. The zero-order valence-electron chi connectivity index (χ0n) is 12.3. The van der Waals surface area contributed by atoms with Crippen molar-refractivity contribution < 1.29 is 23.1 Å². The van der Waals surface area contributed by atoms with Crippen LogP contribution in [-0.4, -0.2) is 33.5 Å². The van der Waals surface area contributed by atoms with E-state index in [0.29, 0.717) is 10.6 Å². The molecule has 128 valence electrons. The van der Waals surface area contributed by atoms with E-state index < -0.39 is 29.8 Å². The van der Waals surface area contributed by atoms with Crippen molar-refractivity contribution in [2.45, 2.75) is 24.7 Å². The highest BCUT2D eigenvalue weighted by molar-refractivity contribution is 6.30. The molecule has 1 aliphatic heterocycles. The highest BCUT2D eigenvalue weighted by atomic mass is 35.5. The number of aromatic nitrogens is 1. The fourth-order valence-corrected chi connectivity index (χ4v) is 3.09. The summed E-state index contributed by atoms with van der Waals surface area (Å²) in [6, 6.07) is 5.64. The van der Waals surface area contributed by atoms with Crippen LogP contribution in [0.4, 0.5) is 13.2 Å². The van der Waals surface area contributed by atoms with Crippen LogP contribution in [0.15, 0.2) is 36.5 Å². The summed E-state index contributed by atoms with van der Waals surface area (Å²) in [5.41, 5.74) is -0.213. The van der Waals surface area contributed by atoms with Gasteiger partial charge in [-0.3, -0.25) is 4.79 Å². The fourth-order valence-electron chi connectivity index (χ4n) is 2.92. The van der Waals surface area contributed by atoms with Crippen LogP contribution in [0.5, 0.6) is 0 Å². The molecule has 1 aromatic carbocycles. The highest BCUT2D eigenvalue weighted by Crippen LogP contribution is 2.36. The summed E-state index contributed by atoms with van der Waals surface area (Å²) in [5.74, 6) is -0.416. The summed E-state index contributed by atoms with van der Waals surface area (Å²) in [7, 11) is 0. The smallest absolute Gasteiger partial charge is 0.391 e. The Bertz CT molecular complexity index is 760. The molecule has 0 bridgehead atoms. The predicted octanol–water partition coefficient (Wildman–Crippen LogP) is 3.64. The molecule has 0 saturated carbocycles.